The Hall–Kier alpha value is -4.48. The van der Waals surface area contributed by atoms with Gasteiger partial charge in [0.15, 0.2) is 0 Å². The van der Waals surface area contributed by atoms with Gasteiger partial charge >= 0.3 is 0 Å². The van der Waals surface area contributed by atoms with Gasteiger partial charge in [-0.3, -0.25) is 4.79 Å². The molecule has 7 nitrogen and oxygen atoms in total. The molecule has 0 radical (unpaired) electrons. The molecule has 0 aliphatic carbocycles. The smallest absolute Gasteiger partial charge is 0.237 e. The monoisotopic (exact) mass is 553 g/mol. The Morgan fingerprint density at radius 1 is 0.900 bits per heavy atom. The van der Waals surface area contributed by atoms with E-state index < -0.39 is 5.25 Å². The maximum absolute atomic E-state index is 13.4. The van der Waals surface area contributed by atoms with Gasteiger partial charge in [-0.25, -0.2) is 4.98 Å². The largest absolute Gasteiger partial charge is 0.497 e. The zero-order valence-corrected chi connectivity index (χ0v) is 24.0. The lowest BCUT2D eigenvalue weighted by Crippen LogP contribution is -2.25. The minimum atomic E-state index is -0.506. The number of amides is 1. The molecule has 1 atom stereocenters. The van der Waals surface area contributed by atoms with Crippen LogP contribution in [0.4, 0.5) is 5.69 Å². The number of ether oxygens (including phenoxy) is 3. The third-order valence-electron chi connectivity index (χ3n) is 6.38. The van der Waals surface area contributed by atoms with Crippen molar-refractivity contribution in [1.29, 1.82) is 5.26 Å². The topological polar surface area (TPSA) is 93.5 Å². The van der Waals surface area contributed by atoms with E-state index in [2.05, 4.69) is 11.4 Å². The van der Waals surface area contributed by atoms with Crippen molar-refractivity contribution in [2.45, 2.75) is 30.5 Å². The van der Waals surface area contributed by atoms with E-state index in [1.54, 1.807) is 39.5 Å². The Labute approximate surface area is 239 Å². The van der Waals surface area contributed by atoms with Crippen molar-refractivity contribution in [3.05, 3.63) is 83.9 Å². The fraction of sp³-hybridized carbons (Fsp3) is 0.219. The lowest BCUT2D eigenvalue weighted by atomic mass is 9.98. The third-order valence-corrected chi connectivity index (χ3v) is 7.73. The van der Waals surface area contributed by atoms with E-state index in [9.17, 15) is 10.1 Å². The van der Waals surface area contributed by atoms with Gasteiger partial charge in [-0.05, 0) is 49.2 Å². The normalized spacial score (nSPS) is 11.3. The molecule has 4 aromatic rings. The zero-order valence-electron chi connectivity index (χ0n) is 23.1. The summed E-state index contributed by atoms with van der Waals surface area (Å²) in [5, 5.41) is 13.2. The number of thioether (sulfide) groups is 1. The number of benzene rings is 3. The maximum atomic E-state index is 13.4. The number of carbonyl (C=O) groups excluding carboxylic acids is 1. The van der Waals surface area contributed by atoms with Crippen LogP contribution in [0.3, 0.4) is 0 Å². The zero-order chi connectivity index (χ0) is 28.6. The molecule has 0 saturated heterocycles. The van der Waals surface area contributed by atoms with Gasteiger partial charge in [0, 0.05) is 35.0 Å². The fourth-order valence-corrected chi connectivity index (χ4v) is 5.17. The van der Waals surface area contributed by atoms with Gasteiger partial charge in [0.2, 0.25) is 5.91 Å². The van der Waals surface area contributed by atoms with Gasteiger partial charge in [-0.15, -0.1) is 0 Å². The third kappa shape index (κ3) is 6.56. The second-order valence-electron chi connectivity index (χ2n) is 9.05. The highest BCUT2D eigenvalue weighted by Gasteiger charge is 2.24. The van der Waals surface area contributed by atoms with E-state index >= 15 is 0 Å². The predicted molar refractivity (Wildman–Crippen MR) is 159 cm³/mol. The molecule has 40 heavy (non-hydrogen) atoms. The highest BCUT2D eigenvalue weighted by atomic mass is 32.2. The van der Waals surface area contributed by atoms with Crippen molar-refractivity contribution >= 4 is 23.4 Å². The van der Waals surface area contributed by atoms with Crippen molar-refractivity contribution in [2.75, 3.05) is 26.6 Å². The summed E-state index contributed by atoms with van der Waals surface area (Å²) in [7, 11) is 4.74. The SMILES string of the molecule is CCC(Sc1nc(-c2ccc(OC)cc2)cc(-c2ccc(C)cc2)c1C#N)C(=O)Nc1cc(OC)cc(OC)c1. The van der Waals surface area contributed by atoms with E-state index in [0.29, 0.717) is 39.9 Å². The van der Waals surface area contributed by atoms with E-state index in [1.807, 2.05) is 68.4 Å². The van der Waals surface area contributed by atoms with Crippen LogP contribution in [-0.2, 0) is 4.79 Å². The Bertz CT molecular complexity index is 1510. The number of hydrogen-bond donors (Lipinski definition) is 1. The van der Waals surface area contributed by atoms with E-state index in [0.717, 1.165) is 28.0 Å². The van der Waals surface area contributed by atoms with Crippen molar-refractivity contribution in [1.82, 2.24) is 4.98 Å². The molecule has 1 unspecified atom stereocenters. The molecular formula is C32H31N3O4S. The molecule has 8 heteroatoms. The van der Waals surface area contributed by atoms with Gasteiger partial charge in [0.1, 0.15) is 28.3 Å². The molecule has 1 aromatic heterocycles. The summed E-state index contributed by atoms with van der Waals surface area (Å²) < 4.78 is 16.0. The van der Waals surface area contributed by atoms with Crippen LogP contribution < -0.4 is 19.5 Å². The van der Waals surface area contributed by atoms with Crippen LogP contribution in [-0.4, -0.2) is 37.5 Å². The van der Waals surface area contributed by atoms with Crippen LogP contribution in [0.2, 0.25) is 0 Å². The van der Waals surface area contributed by atoms with Gasteiger partial charge < -0.3 is 19.5 Å². The summed E-state index contributed by atoms with van der Waals surface area (Å²) in [6.07, 6.45) is 0.525. The van der Waals surface area contributed by atoms with Gasteiger partial charge in [0.05, 0.1) is 37.8 Å². The molecule has 0 aliphatic heterocycles. The molecule has 0 aliphatic rings. The summed E-state index contributed by atoms with van der Waals surface area (Å²) in [5.41, 5.74) is 5.36. The quantitative estimate of drug-likeness (QED) is 0.209. The molecule has 1 heterocycles. The highest BCUT2D eigenvalue weighted by molar-refractivity contribution is 8.00. The lowest BCUT2D eigenvalue weighted by molar-refractivity contribution is -0.115. The molecular weight excluding hydrogens is 522 g/mol. The molecule has 4 rings (SSSR count). The molecule has 1 N–H and O–H groups in total. The number of pyridine rings is 1. The number of nitriles is 1. The van der Waals surface area contributed by atoms with Crippen LogP contribution in [0.1, 0.15) is 24.5 Å². The first kappa shape index (κ1) is 28.5. The first-order valence-corrected chi connectivity index (χ1v) is 13.6. The number of nitrogens with zero attached hydrogens (tertiary/aromatic N) is 2. The van der Waals surface area contributed by atoms with Crippen LogP contribution in [0.5, 0.6) is 17.2 Å². The van der Waals surface area contributed by atoms with Crippen molar-refractivity contribution < 1.29 is 19.0 Å². The number of rotatable bonds is 10. The average molecular weight is 554 g/mol. The van der Waals surface area contributed by atoms with E-state index in [4.69, 9.17) is 19.2 Å². The Morgan fingerprint density at radius 2 is 1.50 bits per heavy atom. The number of aromatic nitrogens is 1. The second-order valence-corrected chi connectivity index (χ2v) is 10.2. The molecule has 0 fully saturated rings. The predicted octanol–water partition coefficient (Wildman–Crippen LogP) is 7.13. The number of carbonyl (C=O) groups is 1. The number of anilines is 1. The summed E-state index contributed by atoms with van der Waals surface area (Å²) in [6, 6.07) is 25.1. The van der Waals surface area contributed by atoms with Crippen molar-refractivity contribution in [2.24, 2.45) is 0 Å². The summed E-state index contributed by atoms with van der Waals surface area (Å²) in [4.78, 5) is 18.3. The van der Waals surface area contributed by atoms with Gasteiger partial charge in [0.25, 0.3) is 0 Å². The standard InChI is InChI=1S/C32H31N3O4S/c1-6-30(31(36)34-23-15-25(38-4)17-26(16-23)39-5)40-32-28(19-33)27(21-9-7-20(2)8-10-21)18-29(35-32)22-11-13-24(37-3)14-12-22/h7-18,30H,6H2,1-5H3,(H,34,36). The molecule has 0 spiro atoms. The second kappa shape index (κ2) is 13.0. The Kier molecular flexibility index (Phi) is 9.31. The fourth-order valence-electron chi connectivity index (χ4n) is 4.14. The van der Waals surface area contributed by atoms with Crippen LogP contribution in [0, 0.1) is 18.3 Å². The number of hydrogen-bond acceptors (Lipinski definition) is 7. The van der Waals surface area contributed by atoms with Gasteiger partial charge in [-0.2, -0.15) is 5.26 Å². The van der Waals surface area contributed by atoms with Crippen LogP contribution in [0.15, 0.2) is 77.8 Å². The first-order valence-electron chi connectivity index (χ1n) is 12.8. The summed E-state index contributed by atoms with van der Waals surface area (Å²) in [6.45, 7) is 3.96. The number of aryl methyl sites for hydroxylation is 1. The highest BCUT2D eigenvalue weighted by Crippen LogP contribution is 2.37. The van der Waals surface area contributed by atoms with Crippen LogP contribution >= 0.6 is 11.8 Å². The Balaban J connectivity index is 1.74. The Morgan fingerprint density at radius 3 is 2.05 bits per heavy atom. The van der Waals surface area contributed by atoms with Crippen molar-refractivity contribution in [3.63, 3.8) is 0 Å². The molecule has 204 valence electrons. The minimum absolute atomic E-state index is 0.208. The summed E-state index contributed by atoms with van der Waals surface area (Å²) >= 11 is 1.28. The van der Waals surface area contributed by atoms with Crippen molar-refractivity contribution in [3.8, 4) is 45.7 Å². The van der Waals surface area contributed by atoms with Crippen LogP contribution in [0.25, 0.3) is 22.4 Å². The molecule has 0 bridgehead atoms. The maximum Gasteiger partial charge on any atom is 0.237 e. The number of nitrogens with one attached hydrogen (secondary N) is 1. The summed E-state index contributed by atoms with van der Waals surface area (Å²) in [5.74, 6) is 1.67. The average Bonchev–Trinajstić information content (AvgIpc) is 2.99. The minimum Gasteiger partial charge on any atom is -0.497 e. The molecule has 1 amide bonds. The number of methoxy groups -OCH3 is 3. The van der Waals surface area contributed by atoms with E-state index in [-0.39, 0.29) is 5.91 Å². The van der Waals surface area contributed by atoms with E-state index in [1.165, 1.54) is 11.8 Å². The first-order chi connectivity index (χ1) is 19.4. The lowest BCUT2D eigenvalue weighted by Gasteiger charge is -2.18. The molecule has 3 aromatic carbocycles. The van der Waals surface area contributed by atoms with Gasteiger partial charge in [-0.1, -0.05) is 48.5 Å². The molecule has 0 saturated carbocycles.